The van der Waals surface area contributed by atoms with Gasteiger partial charge in [0, 0.05) is 29.5 Å². The van der Waals surface area contributed by atoms with Gasteiger partial charge in [-0.3, -0.25) is 0 Å². The van der Waals surface area contributed by atoms with Crippen LogP contribution in [0.3, 0.4) is 0 Å². The van der Waals surface area contributed by atoms with Crippen LogP contribution in [0, 0.1) is 0 Å². The molecule has 2 aromatic rings. The monoisotopic (exact) mass is 413 g/mol. The third kappa shape index (κ3) is 3.52. The maximum Gasteiger partial charge on any atom is 0.248 e. The zero-order valence-electron chi connectivity index (χ0n) is 12.9. The van der Waals surface area contributed by atoms with E-state index in [9.17, 15) is 8.42 Å². The molecule has 1 saturated heterocycles. The molecule has 2 aromatic heterocycles. The fraction of sp³-hybridized carbons (Fsp3) is 0.333. The summed E-state index contributed by atoms with van der Waals surface area (Å²) in [6.07, 6.45) is 3.49. The van der Waals surface area contributed by atoms with Crippen molar-refractivity contribution in [1.82, 2.24) is 14.3 Å². The van der Waals surface area contributed by atoms with E-state index in [1.165, 1.54) is 23.7 Å². The van der Waals surface area contributed by atoms with Crippen LogP contribution in [0.25, 0.3) is 0 Å². The number of nitrogens with zero attached hydrogens (tertiary/aromatic N) is 3. The van der Waals surface area contributed by atoms with Crippen LogP contribution in [0.4, 0.5) is 0 Å². The molecule has 3 heterocycles. The van der Waals surface area contributed by atoms with E-state index in [-0.39, 0.29) is 23.4 Å². The molecule has 1 unspecified atom stereocenters. The van der Waals surface area contributed by atoms with Gasteiger partial charge in [0.2, 0.25) is 21.8 Å². The number of rotatable bonds is 5. The minimum absolute atomic E-state index is 0.0397. The molecule has 0 spiro atoms. The van der Waals surface area contributed by atoms with Crippen LogP contribution >= 0.6 is 15.9 Å². The van der Waals surface area contributed by atoms with E-state index in [1.807, 2.05) is 6.07 Å². The van der Waals surface area contributed by atoms with Gasteiger partial charge in [-0.05, 0) is 34.5 Å². The van der Waals surface area contributed by atoms with Crippen molar-refractivity contribution in [3.63, 3.8) is 0 Å². The second-order valence-electron chi connectivity index (χ2n) is 5.22. The highest BCUT2D eigenvalue weighted by Crippen LogP contribution is 2.30. The van der Waals surface area contributed by atoms with Crippen LogP contribution in [0.5, 0.6) is 11.8 Å². The van der Waals surface area contributed by atoms with E-state index in [0.29, 0.717) is 23.3 Å². The molecule has 9 heteroatoms. The van der Waals surface area contributed by atoms with Crippen molar-refractivity contribution in [3.8, 4) is 11.8 Å². The van der Waals surface area contributed by atoms with Gasteiger partial charge in [-0.15, -0.1) is 0 Å². The zero-order valence-corrected chi connectivity index (χ0v) is 15.3. The summed E-state index contributed by atoms with van der Waals surface area (Å²) in [4.78, 5) is 8.14. The van der Waals surface area contributed by atoms with Crippen molar-refractivity contribution in [2.24, 2.45) is 0 Å². The molecule has 24 heavy (non-hydrogen) atoms. The highest BCUT2D eigenvalue weighted by atomic mass is 79.9. The van der Waals surface area contributed by atoms with E-state index in [2.05, 4.69) is 25.9 Å². The lowest BCUT2D eigenvalue weighted by atomic mass is 10.3. The minimum Gasteiger partial charge on any atom is -0.480 e. The summed E-state index contributed by atoms with van der Waals surface area (Å²) in [5.74, 6) is 0.566. The van der Waals surface area contributed by atoms with Crippen LogP contribution in [0.15, 0.2) is 46.0 Å². The SMILES string of the molecule is COc1ncc(Br)cc1S(=O)(=O)N1CCC(Oc2ccccn2)C1. The molecule has 7 nitrogen and oxygen atoms in total. The fourth-order valence-electron chi connectivity index (χ4n) is 2.49. The Kier molecular flexibility index (Phi) is 5.02. The second kappa shape index (κ2) is 7.04. The lowest BCUT2D eigenvalue weighted by molar-refractivity contribution is 0.207. The Morgan fingerprint density at radius 3 is 2.88 bits per heavy atom. The lowest BCUT2D eigenvalue weighted by Gasteiger charge is -2.18. The molecule has 0 radical (unpaired) electrons. The average molecular weight is 414 g/mol. The van der Waals surface area contributed by atoms with Crippen molar-refractivity contribution in [2.75, 3.05) is 20.2 Å². The van der Waals surface area contributed by atoms with Gasteiger partial charge in [0.1, 0.15) is 11.0 Å². The maximum atomic E-state index is 12.9. The molecule has 0 bridgehead atoms. The molecule has 0 saturated carbocycles. The molecule has 1 atom stereocenters. The number of hydrogen-bond acceptors (Lipinski definition) is 6. The van der Waals surface area contributed by atoms with Gasteiger partial charge >= 0.3 is 0 Å². The minimum atomic E-state index is -3.71. The quantitative estimate of drug-likeness (QED) is 0.746. The van der Waals surface area contributed by atoms with Gasteiger partial charge < -0.3 is 9.47 Å². The topological polar surface area (TPSA) is 81.6 Å². The van der Waals surface area contributed by atoms with Crippen LogP contribution in [-0.4, -0.2) is 49.0 Å². The number of pyridine rings is 2. The van der Waals surface area contributed by atoms with Gasteiger partial charge in [-0.25, -0.2) is 18.4 Å². The molecule has 1 aliphatic rings. The summed E-state index contributed by atoms with van der Waals surface area (Å²) in [5, 5.41) is 0. The fourth-order valence-corrected chi connectivity index (χ4v) is 4.59. The smallest absolute Gasteiger partial charge is 0.248 e. The Balaban J connectivity index is 1.78. The summed E-state index contributed by atoms with van der Waals surface area (Å²) in [6.45, 7) is 0.629. The van der Waals surface area contributed by atoms with Crippen LogP contribution in [0.2, 0.25) is 0 Å². The van der Waals surface area contributed by atoms with E-state index >= 15 is 0 Å². The average Bonchev–Trinajstić information content (AvgIpc) is 3.05. The second-order valence-corrected chi connectivity index (χ2v) is 8.04. The first-order valence-corrected chi connectivity index (χ1v) is 9.51. The first-order valence-electron chi connectivity index (χ1n) is 7.28. The van der Waals surface area contributed by atoms with Crippen LogP contribution < -0.4 is 9.47 Å². The van der Waals surface area contributed by atoms with Gasteiger partial charge in [0.15, 0.2) is 0 Å². The molecule has 0 aliphatic carbocycles. The molecular weight excluding hydrogens is 398 g/mol. The summed E-state index contributed by atoms with van der Waals surface area (Å²) < 4.78 is 38.5. The Bertz CT molecular complexity index is 817. The maximum absolute atomic E-state index is 12.9. The van der Waals surface area contributed by atoms with Crippen molar-refractivity contribution < 1.29 is 17.9 Å². The lowest BCUT2D eigenvalue weighted by Crippen LogP contribution is -2.31. The van der Waals surface area contributed by atoms with Crippen molar-refractivity contribution >= 4 is 26.0 Å². The predicted molar refractivity (Wildman–Crippen MR) is 90.5 cm³/mol. The molecular formula is C15H16BrN3O4S. The molecule has 0 amide bonds. The van der Waals surface area contributed by atoms with Crippen LogP contribution in [0.1, 0.15) is 6.42 Å². The van der Waals surface area contributed by atoms with Crippen molar-refractivity contribution in [3.05, 3.63) is 41.1 Å². The molecule has 0 aromatic carbocycles. The third-order valence-corrected chi connectivity index (χ3v) is 5.92. The predicted octanol–water partition coefficient (Wildman–Crippen LogP) is 2.09. The van der Waals surface area contributed by atoms with E-state index in [1.54, 1.807) is 18.3 Å². The Morgan fingerprint density at radius 1 is 1.33 bits per heavy atom. The Morgan fingerprint density at radius 2 is 2.17 bits per heavy atom. The van der Waals surface area contributed by atoms with E-state index in [0.717, 1.165) is 0 Å². The first kappa shape index (κ1) is 17.1. The summed E-state index contributed by atoms with van der Waals surface area (Å²) >= 11 is 3.25. The molecule has 128 valence electrons. The molecule has 1 aliphatic heterocycles. The molecule has 1 fully saturated rings. The summed E-state index contributed by atoms with van der Waals surface area (Å²) in [5.41, 5.74) is 0. The van der Waals surface area contributed by atoms with E-state index in [4.69, 9.17) is 9.47 Å². The highest BCUT2D eigenvalue weighted by molar-refractivity contribution is 9.10. The number of aromatic nitrogens is 2. The van der Waals surface area contributed by atoms with Gasteiger partial charge in [-0.1, -0.05) is 6.07 Å². The number of ether oxygens (including phenoxy) is 2. The van der Waals surface area contributed by atoms with Crippen molar-refractivity contribution in [1.29, 1.82) is 0 Å². The highest BCUT2D eigenvalue weighted by Gasteiger charge is 2.36. The van der Waals surface area contributed by atoms with Crippen LogP contribution in [-0.2, 0) is 10.0 Å². The molecule has 3 rings (SSSR count). The largest absolute Gasteiger partial charge is 0.480 e. The summed E-state index contributed by atoms with van der Waals surface area (Å²) in [7, 11) is -2.32. The Hall–Kier alpha value is -1.71. The number of sulfonamides is 1. The third-order valence-electron chi connectivity index (χ3n) is 3.63. The first-order chi connectivity index (χ1) is 11.5. The number of methoxy groups -OCH3 is 1. The number of hydrogen-bond donors (Lipinski definition) is 0. The summed E-state index contributed by atoms with van der Waals surface area (Å²) in [6, 6.07) is 6.86. The number of halogens is 1. The standard InChI is InChI=1S/C15H16BrN3O4S/c1-22-15-13(8-11(16)9-18-15)24(20,21)19-7-5-12(10-19)23-14-4-2-3-6-17-14/h2-4,6,8-9,12H,5,7,10H2,1H3. The van der Waals surface area contributed by atoms with Gasteiger partial charge in [0.05, 0.1) is 13.7 Å². The van der Waals surface area contributed by atoms with Gasteiger partial charge in [0.25, 0.3) is 0 Å². The zero-order chi connectivity index (χ0) is 17.2. The van der Waals surface area contributed by atoms with Crippen molar-refractivity contribution in [2.45, 2.75) is 17.4 Å². The molecule has 0 N–H and O–H groups in total. The van der Waals surface area contributed by atoms with Gasteiger partial charge in [-0.2, -0.15) is 4.31 Å². The normalized spacial score (nSPS) is 18.5. The Labute approximate surface area is 148 Å². The van der Waals surface area contributed by atoms with E-state index < -0.39 is 10.0 Å².